The maximum Gasteiger partial charge on any atom is 0.224 e. The van der Waals surface area contributed by atoms with Crippen molar-refractivity contribution in [2.24, 2.45) is 0 Å². The van der Waals surface area contributed by atoms with Gasteiger partial charge in [0, 0.05) is 18.8 Å². The number of amides is 1. The molecule has 3 aromatic carbocycles. The lowest BCUT2D eigenvalue weighted by molar-refractivity contribution is -0.120. The molecule has 3 aromatic rings. The van der Waals surface area contributed by atoms with E-state index in [1.54, 1.807) is 7.11 Å². The van der Waals surface area contributed by atoms with E-state index in [1.807, 2.05) is 48.5 Å². The number of anilines is 1. The van der Waals surface area contributed by atoms with Gasteiger partial charge in [-0.1, -0.05) is 53.6 Å². The Bertz CT molecular complexity index is 943. The first-order chi connectivity index (χ1) is 14.5. The molecule has 0 unspecified atom stereocenters. The van der Waals surface area contributed by atoms with E-state index in [0.29, 0.717) is 13.0 Å². The number of carbonyl (C=O) groups is 1. The lowest BCUT2D eigenvalue weighted by Crippen LogP contribution is -2.27. The van der Waals surface area contributed by atoms with Crippen LogP contribution in [0.3, 0.4) is 0 Å². The second-order valence-electron chi connectivity index (χ2n) is 7.67. The summed E-state index contributed by atoms with van der Waals surface area (Å²) in [4.78, 5) is 12.2. The third-order valence-corrected chi connectivity index (χ3v) is 4.99. The molecular formula is C26H30N2O2. The van der Waals surface area contributed by atoms with Gasteiger partial charge in [-0.3, -0.25) is 4.79 Å². The fraction of sp³-hybridized carbons (Fsp3) is 0.269. The summed E-state index contributed by atoms with van der Waals surface area (Å²) in [6, 6.07) is 22.6. The number of nitrogens with one attached hydrogen (secondary N) is 2. The number of ether oxygens (including phenoxy) is 1. The lowest BCUT2D eigenvalue weighted by Gasteiger charge is -2.10. The topological polar surface area (TPSA) is 50.4 Å². The predicted octanol–water partition coefficient (Wildman–Crippen LogP) is 4.83. The Kier molecular flexibility index (Phi) is 7.50. The van der Waals surface area contributed by atoms with Crippen molar-refractivity contribution in [1.82, 2.24) is 5.32 Å². The van der Waals surface area contributed by atoms with Crippen LogP contribution in [0.2, 0.25) is 0 Å². The first-order valence-corrected chi connectivity index (χ1v) is 10.3. The zero-order valence-electron chi connectivity index (χ0n) is 18.0. The normalized spacial score (nSPS) is 10.5. The van der Waals surface area contributed by atoms with Crippen molar-refractivity contribution in [1.29, 1.82) is 0 Å². The number of benzene rings is 3. The first kappa shape index (κ1) is 21.4. The molecule has 0 saturated heterocycles. The van der Waals surface area contributed by atoms with E-state index >= 15 is 0 Å². The Morgan fingerprint density at radius 3 is 2.10 bits per heavy atom. The molecule has 0 atom stereocenters. The van der Waals surface area contributed by atoms with E-state index in [4.69, 9.17) is 4.74 Å². The average molecular weight is 403 g/mol. The molecule has 0 heterocycles. The molecule has 0 aliphatic heterocycles. The van der Waals surface area contributed by atoms with Gasteiger partial charge in [-0.2, -0.15) is 0 Å². The fourth-order valence-corrected chi connectivity index (χ4v) is 3.50. The monoisotopic (exact) mass is 402 g/mol. The van der Waals surface area contributed by atoms with Crippen LogP contribution in [-0.4, -0.2) is 19.6 Å². The predicted molar refractivity (Wildman–Crippen MR) is 123 cm³/mol. The zero-order valence-corrected chi connectivity index (χ0v) is 18.0. The fourth-order valence-electron chi connectivity index (χ4n) is 3.50. The van der Waals surface area contributed by atoms with Crippen molar-refractivity contribution in [3.05, 3.63) is 94.5 Å². The lowest BCUT2D eigenvalue weighted by atomic mass is 10.1. The minimum Gasteiger partial charge on any atom is -0.497 e. The van der Waals surface area contributed by atoms with Gasteiger partial charge < -0.3 is 15.4 Å². The maximum absolute atomic E-state index is 12.2. The van der Waals surface area contributed by atoms with E-state index in [2.05, 4.69) is 42.7 Å². The van der Waals surface area contributed by atoms with Crippen LogP contribution in [0.15, 0.2) is 66.7 Å². The molecule has 3 rings (SSSR count). The van der Waals surface area contributed by atoms with Crippen molar-refractivity contribution < 1.29 is 9.53 Å². The molecule has 2 N–H and O–H groups in total. The number of methoxy groups -OCH3 is 1. The van der Waals surface area contributed by atoms with E-state index in [9.17, 15) is 4.79 Å². The number of hydrogen-bond donors (Lipinski definition) is 2. The largest absolute Gasteiger partial charge is 0.497 e. The smallest absolute Gasteiger partial charge is 0.224 e. The molecule has 0 spiro atoms. The summed E-state index contributed by atoms with van der Waals surface area (Å²) in [6.45, 7) is 5.65. The summed E-state index contributed by atoms with van der Waals surface area (Å²) >= 11 is 0. The molecule has 0 radical (unpaired) electrons. The minimum absolute atomic E-state index is 0.0412. The highest BCUT2D eigenvalue weighted by Crippen LogP contribution is 2.14. The summed E-state index contributed by atoms with van der Waals surface area (Å²) < 4.78 is 5.16. The summed E-state index contributed by atoms with van der Waals surface area (Å²) in [5, 5.41) is 6.44. The van der Waals surface area contributed by atoms with Crippen LogP contribution in [-0.2, 0) is 24.2 Å². The molecular weight excluding hydrogens is 372 g/mol. The quantitative estimate of drug-likeness (QED) is 0.539. The Labute approximate surface area is 179 Å². The number of rotatable bonds is 9. The maximum atomic E-state index is 12.2. The Morgan fingerprint density at radius 1 is 0.833 bits per heavy atom. The summed E-state index contributed by atoms with van der Waals surface area (Å²) in [7, 11) is 1.66. The summed E-state index contributed by atoms with van der Waals surface area (Å²) in [6.07, 6.45) is 1.19. The number of aryl methyl sites for hydroxylation is 2. The van der Waals surface area contributed by atoms with Crippen molar-refractivity contribution in [2.75, 3.05) is 19.0 Å². The first-order valence-electron chi connectivity index (χ1n) is 10.3. The van der Waals surface area contributed by atoms with Gasteiger partial charge in [0.1, 0.15) is 5.75 Å². The molecule has 0 bridgehead atoms. The molecule has 4 nitrogen and oxygen atoms in total. The Hall–Kier alpha value is -3.27. The number of hydrogen-bond acceptors (Lipinski definition) is 3. The van der Waals surface area contributed by atoms with Gasteiger partial charge in [-0.05, 0) is 61.2 Å². The van der Waals surface area contributed by atoms with Crippen LogP contribution in [0.5, 0.6) is 5.75 Å². The number of carbonyl (C=O) groups excluding carboxylic acids is 1. The second kappa shape index (κ2) is 10.5. The Balaban J connectivity index is 1.42. The molecule has 30 heavy (non-hydrogen) atoms. The van der Waals surface area contributed by atoms with Gasteiger partial charge in [0.2, 0.25) is 5.91 Å². The Morgan fingerprint density at radius 2 is 1.47 bits per heavy atom. The van der Waals surface area contributed by atoms with Gasteiger partial charge >= 0.3 is 0 Å². The van der Waals surface area contributed by atoms with E-state index in [1.165, 1.54) is 22.3 Å². The third kappa shape index (κ3) is 6.66. The van der Waals surface area contributed by atoms with Crippen LogP contribution in [0.25, 0.3) is 0 Å². The van der Waals surface area contributed by atoms with Crippen LogP contribution >= 0.6 is 0 Å². The van der Waals surface area contributed by atoms with Gasteiger partial charge in [-0.25, -0.2) is 0 Å². The SMILES string of the molecule is COc1ccc(CCNC(=O)Cc2ccc(NCc3cc(C)cc(C)c3)cc2)cc1. The zero-order chi connectivity index (χ0) is 21.3. The van der Waals surface area contributed by atoms with Crippen LogP contribution < -0.4 is 15.4 Å². The molecule has 4 heteroatoms. The highest BCUT2D eigenvalue weighted by molar-refractivity contribution is 5.78. The van der Waals surface area contributed by atoms with Gasteiger partial charge in [0.25, 0.3) is 0 Å². The molecule has 0 saturated carbocycles. The second-order valence-corrected chi connectivity index (χ2v) is 7.67. The molecule has 0 aliphatic carbocycles. The average Bonchev–Trinajstić information content (AvgIpc) is 2.73. The van der Waals surface area contributed by atoms with Crippen molar-refractivity contribution in [3.8, 4) is 5.75 Å². The summed E-state index contributed by atoms with van der Waals surface area (Å²) in [5.74, 6) is 0.883. The molecule has 156 valence electrons. The van der Waals surface area contributed by atoms with Gasteiger partial charge in [0.05, 0.1) is 13.5 Å². The highest BCUT2D eigenvalue weighted by atomic mass is 16.5. The van der Waals surface area contributed by atoms with Crippen molar-refractivity contribution >= 4 is 11.6 Å². The highest BCUT2D eigenvalue weighted by Gasteiger charge is 2.04. The molecule has 0 aliphatic rings. The van der Waals surface area contributed by atoms with Gasteiger partial charge in [0.15, 0.2) is 0 Å². The van der Waals surface area contributed by atoms with Crippen molar-refractivity contribution in [3.63, 3.8) is 0 Å². The third-order valence-electron chi connectivity index (χ3n) is 4.99. The van der Waals surface area contributed by atoms with Crippen LogP contribution in [0, 0.1) is 13.8 Å². The summed E-state index contributed by atoms with van der Waals surface area (Å²) in [5.41, 5.74) is 7.06. The molecule has 0 aromatic heterocycles. The van der Waals surface area contributed by atoms with Crippen molar-refractivity contribution in [2.45, 2.75) is 33.2 Å². The van der Waals surface area contributed by atoms with Crippen LogP contribution in [0.4, 0.5) is 5.69 Å². The molecule has 0 fully saturated rings. The molecule has 1 amide bonds. The van der Waals surface area contributed by atoms with E-state index in [0.717, 1.165) is 30.0 Å². The standard InChI is InChI=1S/C26H30N2O2/c1-19-14-20(2)16-23(15-19)18-28-24-8-4-22(5-9-24)17-26(29)27-13-12-21-6-10-25(30-3)11-7-21/h4-11,14-16,28H,12-13,17-18H2,1-3H3,(H,27,29). The van der Waals surface area contributed by atoms with Crippen LogP contribution in [0.1, 0.15) is 27.8 Å². The minimum atomic E-state index is 0.0412. The van der Waals surface area contributed by atoms with Gasteiger partial charge in [-0.15, -0.1) is 0 Å². The van der Waals surface area contributed by atoms with E-state index in [-0.39, 0.29) is 5.91 Å². The van der Waals surface area contributed by atoms with E-state index < -0.39 is 0 Å².